The molecule has 1 heterocycles. The highest BCUT2D eigenvalue weighted by molar-refractivity contribution is 7.18. The Bertz CT molecular complexity index is 1100. The molecular weight excluding hydrogens is 458 g/mol. The molecule has 1 aromatic heterocycles. The number of aromatic nitrogens is 1. The smallest absolute Gasteiger partial charge is 0.224 e. The van der Waals surface area contributed by atoms with Gasteiger partial charge in [-0.25, -0.2) is 4.98 Å². The quantitative estimate of drug-likeness (QED) is 0.251. The number of nitrogens with one attached hydrogen (secondary N) is 1. The number of fused-ring (bicyclic) bond motifs is 1. The maximum absolute atomic E-state index is 13.4. The summed E-state index contributed by atoms with van der Waals surface area (Å²) in [5.74, 6) is -0.784. The monoisotopic (exact) mass is 495 g/mol. The molecule has 0 saturated heterocycles. The van der Waals surface area contributed by atoms with E-state index in [2.05, 4.69) is 31.0 Å². The first-order chi connectivity index (χ1) is 16.7. The minimum atomic E-state index is -0.517. The van der Waals surface area contributed by atoms with Crippen LogP contribution in [0.1, 0.15) is 76.8 Å². The Balaban J connectivity index is 2.21. The van der Waals surface area contributed by atoms with E-state index < -0.39 is 5.92 Å². The van der Waals surface area contributed by atoms with Crippen LogP contribution in [0.25, 0.3) is 10.2 Å². The first kappa shape index (κ1) is 28.4. The van der Waals surface area contributed by atoms with Crippen molar-refractivity contribution in [2.45, 2.75) is 85.1 Å². The van der Waals surface area contributed by atoms with E-state index in [1.54, 1.807) is 17.4 Å². The number of rotatable bonds is 15. The third-order valence-corrected chi connectivity index (χ3v) is 7.55. The van der Waals surface area contributed by atoms with Gasteiger partial charge in [-0.3, -0.25) is 14.4 Å². The summed E-state index contributed by atoms with van der Waals surface area (Å²) in [5, 5.41) is 12.9. The lowest BCUT2D eigenvalue weighted by atomic mass is 9.91. The predicted molar refractivity (Wildman–Crippen MR) is 141 cm³/mol. The molecule has 0 radical (unpaired) electrons. The van der Waals surface area contributed by atoms with Crippen molar-refractivity contribution in [3.63, 3.8) is 0 Å². The standard InChI is InChI=1S/C28H37N3O3S/c1-6-9-22(32)15-21(16-27-30-24-11-10-20(8-3)14-26(24)35-27)28(34)31-23(18(4)7-2)12-13-25(33)19(5)17-29/h10-11,14,18,21,23H,5-9,12-13,15-16H2,1-4H3,(H,31,34)/t18-,21-,23+/m0/s1. The van der Waals surface area contributed by atoms with Crippen LogP contribution in [0, 0.1) is 23.2 Å². The number of aryl methyl sites for hydroxylation is 1. The van der Waals surface area contributed by atoms with Crippen LogP contribution in [0.4, 0.5) is 0 Å². The second-order valence-electron chi connectivity index (χ2n) is 9.21. The van der Waals surface area contributed by atoms with E-state index >= 15 is 0 Å². The second-order valence-corrected chi connectivity index (χ2v) is 10.3. The fourth-order valence-electron chi connectivity index (χ4n) is 4.03. The van der Waals surface area contributed by atoms with Crippen LogP contribution in [-0.2, 0) is 27.2 Å². The molecule has 0 unspecified atom stereocenters. The second kappa shape index (κ2) is 13.9. The number of carbonyl (C=O) groups is 3. The molecule has 3 atom stereocenters. The topological polar surface area (TPSA) is 99.9 Å². The molecular formula is C28H37N3O3S. The SMILES string of the molecule is C=C(C#N)C(=O)CC[C@@H](NC(=O)[C@@H](CC(=O)CCC)Cc1nc2ccc(CC)cc2s1)[C@@H](C)CC. The zero-order valence-electron chi connectivity index (χ0n) is 21.4. The fraction of sp³-hybridized carbons (Fsp3) is 0.536. The highest BCUT2D eigenvalue weighted by atomic mass is 32.1. The Morgan fingerprint density at radius 1 is 1.20 bits per heavy atom. The molecule has 7 heteroatoms. The van der Waals surface area contributed by atoms with E-state index in [4.69, 9.17) is 10.2 Å². The molecule has 0 aliphatic rings. The maximum Gasteiger partial charge on any atom is 0.224 e. The Morgan fingerprint density at radius 3 is 2.57 bits per heavy atom. The number of nitrogens with zero attached hydrogens (tertiary/aromatic N) is 2. The summed E-state index contributed by atoms with van der Waals surface area (Å²) in [6, 6.07) is 7.78. The Morgan fingerprint density at radius 2 is 1.94 bits per heavy atom. The number of hydrogen-bond donors (Lipinski definition) is 1. The van der Waals surface area contributed by atoms with Gasteiger partial charge in [0.05, 0.1) is 26.7 Å². The van der Waals surface area contributed by atoms with Crippen molar-refractivity contribution in [3.8, 4) is 6.07 Å². The lowest BCUT2D eigenvalue weighted by molar-refractivity contribution is -0.130. The van der Waals surface area contributed by atoms with Gasteiger partial charge in [-0.15, -0.1) is 11.3 Å². The lowest BCUT2D eigenvalue weighted by Gasteiger charge is -2.26. The third-order valence-electron chi connectivity index (χ3n) is 6.51. The van der Waals surface area contributed by atoms with E-state index in [1.165, 1.54) is 5.56 Å². The Kier molecular flexibility index (Phi) is 11.3. The number of Topliss-reactive ketones (excluding diaryl/α,β-unsaturated/α-hetero) is 2. The number of thiazole rings is 1. The summed E-state index contributed by atoms with van der Waals surface area (Å²) in [7, 11) is 0. The molecule has 188 valence electrons. The molecule has 0 saturated carbocycles. The molecule has 2 aromatic rings. The first-order valence-electron chi connectivity index (χ1n) is 12.5. The van der Waals surface area contributed by atoms with E-state index in [0.29, 0.717) is 19.3 Å². The van der Waals surface area contributed by atoms with E-state index in [-0.39, 0.29) is 47.8 Å². The van der Waals surface area contributed by atoms with Crippen LogP contribution in [-0.4, -0.2) is 28.5 Å². The highest BCUT2D eigenvalue weighted by Gasteiger charge is 2.27. The molecule has 0 spiro atoms. The molecule has 0 aliphatic heterocycles. The summed E-state index contributed by atoms with van der Waals surface area (Å²) < 4.78 is 1.09. The largest absolute Gasteiger partial charge is 0.353 e. The number of amides is 1. The van der Waals surface area contributed by atoms with E-state index in [1.807, 2.05) is 26.8 Å². The van der Waals surface area contributed by atoms with Crippen LogP contribution in [0.15, 0.2) is 30.4 Å². The third kappa shape index (κ3) is 8.40. The van der Waals surface area contributed by atoms with Crippen LogP contribution < -0.4 is 5.32 Å². The van der Waals surface area contributed by atoms with Gasteiger partial charge in [-0.2, -0.15) is 5.26 Å². The van der Waals surface area contributed by atoms with Crippen LogP contribution in [0.5, 0.6) is 0 Å². The van der Waals surface area contributed by atoms with Gasteiger partial charge in [0.25, 0.3) is 0 Å². The van der Waals surface area contributed by atoms with Crippen LogP contribution in [0.3, 0.4) is 0 Å². The molecule has 1 N–H and O–H groups in total. The van der Waals surface area contributed by atoms with E-state index in [9.17, 15) is 14.4 Å². The number of hydrogen-bond acceptors (Lipinski definition) is 6. The van der Waals surface area contributed by atoms with Crippen LogP contribution >= 0.6 is 11.3 Å². The van der Waals surface area contributed by atoms with Gasteiger partial charge in [-0.05, 0) is 42.9 Å². The van der Waals surface area contributed by atoms with Crippen molar-refractivity contribution in [1.82, 2.24) is 10.3 Å². The predicted octanol–water partition coefficient (Wildman–Crippen LogP) is 5.74. The van der Waals surface area contributed by atoms with Gasteiger partial charge in [0, 0.05) is 31.7 Å². The number of allylic oxidation sites excluding steroid dienone is 1. The lowest BCUT2D eigenvalue weighted by Crippen LogP contribution is -2.43. The molecule has 6 nitrogen and oxygen atoms in total. The number of nitriles is 1. The molecule has 2 rings (SSSR count). The van der Waals surface area contributed by atoms with Crippen molar-refractivity contribution in [2.24, 2.45) is 11.8 Å². The molecule has 1 aromatic carbocycles. The number of ketones is 2. The average molecular weight is 496 g/mol. The van der Waals surface area contributed by atoms with Crippen molar-refractivity contribution in [2.75, 3.05) is 0 Å². The average Bonchev–Trinajstić information content (AvgIpc) is 3.26. The van der Waals surface area contributed by atoms with E-state index in [0.717, 1.165) is 34.5 Å². The van der Waals surface area contributed by atoms with Gasteiger partial charge in [-0.1, -0.05) is 46.8 Å². The molecule has 0 bridgehead atoms. The van der Waals surface area contributed by atoms with Crippen molar-refractivity contribution >= 4 is 39.0 Å². The zero-order chi connectivity index (χ0) is 26.0. The van der Waals surface area contributed by atoms with Crippen LogP contribution in [0.2, 0.25) is 0 Å². The van der Waals surface area contributed by atoms with Crippen molar-refractivity contribution in [1.29, 1.82) is 5.26 Å². The Labute approximate surface area is 212 Å². The van der Waals surface area contributed by atoms with Gasteiger partial charge in [0.15, 0.2) is 5.78 Å². The summed E-state index contributed by atoms with van der Waals surface area (Å²) in [6.45, 7) is 11.6. The minimum Gasteiger partial charge on any atom is -0.353 e. The number of carbonyl (C=O) groups excluding carboxylic acids is 3. The van der Waals surface area contributed by atoms with Crippen molar-refractivity contribution in [3.05, 3.63) is 40.9 Å². The fourth-order valence-corrected chi connectivity index (χ4v) is 5.14. The first-order valence-corrected chi connectivity index (χ1v) is 13.4. The molecule has 0 aliphatic carbocycles. The molecule has 1 amide bonds. The Hall–Kier alpha value is -2.85. The summed E-state index contributed by atoms with van der Waals surface area (Å²) >= 11 is 1.58. The van der Waals surface area contributed by atoms with Crippen molar-refractivity contribution < 1.29 is 14.4 Å². The van der Waals surface area contributed by atoms with Gasteiger partial charge >= 0.3 is 0 Å². The maximum atomic E-state index is 13.4. The highest BCUT2D eigenvalue weighted by Crippen LogP contribution is 2.27. The number of benzene rings is 1. The van der Waals surface area contributed by atoms with Gasteiger partial charge in [0.2, 0.25) is 5.91 Å². The molecule has 35 heavy (non-hydrogen) atoms. The minimum absolute atomic E-state index is 0.0654. The normalized spacial score (nSPS) is 13.6. The van der Waals surface area contributed by atoms with Gasteiger partial charge in [0.1, 0.15) is 11.9 Å². The molecule has 0 fully saturated rings. The zero-order valence-corrected chi connectivity index (χ0v) is 22.2. The summed E-state index contributed by atoms with van der Waals surface area (Å²) in [4.78, 5) is 42.8. The summed E-state index contributed by atoms with van der Waals surface area (Å²) in [5.41, 5.74) is 2.09. The summed E-state index contributed by atoms with van der Waals surface area (Å²) in [6.07, 6.45) is 4.12. The van der Waals surface area contributed by atoms with Gasteiger partial charge < -0.3 is 5.32 Å².